The molecule has 1 aromatic rings. The first-order chi connectivity index (χ1) is 10.4. The predicted molar refractivity (Wildman–Crippen MR) is 90.1 cm³/mol. The number of rotatable bonds is 4. The minimum Gasteiger partial charge on any atom is -0.288 e. The van der Waals surface area contributed by atoms with Crippen LogP contribution >= 0.6 is 0 Å². The molecule has 1 aliphatic carbocycles. The Morgan fingerprint density at radius 3 is 2.62 bits per heavy atom. The Labute approximate surface area is 126 Å². The minimum atomic E-state index is 0.517. The first kappa shape index (κ1) is 13.9. The van der Waals surface area contributed by atoms with Crippen LogP contribution in [0, 0.1) is 0 Å². The van der Waals surface area contributed by atoms with E-state index >= 15 is 0 Å². The van der Waals surface area contributed by atoms with Crippen LogP contribution in [0.15, 0.2) is 57.1 Å². The SMILES string of the molecule is C(=Nc1ccccc1)C1=CCC(C=NC2CCCCC2)=N1. The normalized spacial score (nSPS) is 20.2. The van der Waals surface area contributed by atoms with Crippen molar-refractivity contribution < 1.29 is 0 Å². The molecule has 1 saturated carbocycles. The van der Waals surface area contributed by atoms with Gasteiger partial charge in [0.05, 0.1) is 23.3 Å². The molecule has 3 rings (SSSR count). The van der Waals surface area contributed by atoms with Gasteiger partial charge in [-0.3, -0.25) is 15.0 Å². The van der Waals surface area contributed by atoms with Crippen molar-refractivity contribution in [2.24, 2.45) is 15.0 Å². The van der Waals surface area contributed by atoms with E-state index in [1.165, 1.54) is 32.1 Å². The van der Waals surface area contributed by atoms with Gasteiger partial charge in [-0.1, -0.05) is 43.5 Å². The summed E-state index contributed by atoms with van der Waals surface area (Å²) in [5, 5.41) is 0. The van der Waals surface area contributed by atoms with Gasteiger partial charge in [0.1, 0.15) is 0 Å². The lowest BCUT2D eigenvalue weighted by Crippen LogP contribution is -2.11. The number of aliphatic imine (C=N–C) groups is 3. The first-order valence-corrected chi connectivity index (χ1v) is 7.80. The summed E-state index contributed by atoms with van der Waals surface area (Å²) < 4.78 is 0. The molecule has 108 valence electrons. The molecular formula is C18H21N3. The van der Waals surface area contributed by atoms with Crippen molar-refractivity contribution in [3.8, 4) is 0 Å². The second-order valence-corrected chi connectivity index (χ2v) is 5.60. The molecular weight excluding hydrogens is 258 g/mol. The molecule has 1 heterocycles. The Morgan fingerprint density at radius 1 is 1.00 bits per heavy atom. The second-order valence-electron chi connectivity index (χ2n) is 5.60. The van der Waals surface area contributed by atoms with E-state index in [0.29, 0.717) is 6.04 Å². The van der Waals surface area contributed by atoms with Crippen LogP contribution in [-0.4, -0.2) is 24.2 Å². The van der Waals surface area contributed by atoms with Crippen LogP contribution in [0.3, 0.4) is 0 Å². The Balaban J connectivity index is 1.56. The second kappa shape index (κ2) is 7.11. The lowest BCUT2D eigenvalue weighted by molar-refractivity contribution is 0.444. The fraction of sp³-hybridized carbons (Fsp3) is 0.389. The van der Waals surface area contributed by atoms with E-state index in [1.807, 2.05) is 42.8 Å². The van der Waals surface area contributed by atoms with Crippen LogP contribution in [0.5, 0.6) is 0 Å². The number of benzene rings is 1. The van der Waals surface area contributed by atoms with E-state index in [2.05, 4.69) is 21.1 Å². The summed E-state index contributed by atoms with van der Waals surface area (Å²) in [6, 6.07) is 10.5. The highest BCUT2D eigenvalue weighted by Crippen LogP contribution is 2.20. The summed E-state index contributed by atoms with van der Waals surface area (Å²) in [6.45, 7) is 0. The molecule has 21 heavy (non-hydrogen) atoms. The third kappa shape index (κ3) is 4.22. The van der Waals surface area contributed by atoms with Gasteiger partial charge in [0.2, 0.25) is 0 Å². The maximum absolute atomic E-state index is 4.68. The molecule has 0 amide bonds. The van der Waals surface area contributed by atoms with Gasteiger partial charge in [-0.2, -0.15) is 0 Å². The predicted octanol–water partition coefficient (Wildman–Crippen LogP) is 4.52. The van der Waals surface area contributed by atoms with E-state index in [1.54, 1.807) is 0 Å². The van der Waals surface area contributed by atoms with Crippen LogP contribution in [0.2, 0.25) is 0 Å². The van der Waals surface area contributed by atoms with Crippen molar-refractivity contribution in [2.75, 3.05) is 0 Å². The zero-order valence-electron chi connectivity index (χ0n) is 12.3. The smallest absolute Gasteiger partial charge is 0.0780 e. The molecule has 0 N–H and O–H groups in total. The van der Waals surface area contributed by atoms with E-state index in [4.69, 9.17) is 0 Å². The minimum absolute atomic E-state index is 0.517. The van der Waals surface area contributed by atoms with E-state index < -0.39 is 0 Å². The monoisotopic (exact) mass is 279 g/mol. The largest absolute Gasteiger partial charge is 0.288 e. The number of hydrogen-bond donors (Lipinski definition) is 0. The number of allylic oxidation sites excluding steroid dienone is 2. The number of nitrogens with zero attached hydrogens (tertiary/aromatic N) is 3. The molecule has 0 unspecified atom stereocenters. The summed E-state index contributed by atoms with van der Waals surface area (Å²) in [4.78, 5) is 13.7. The maximum Gasteiger partial charge on any atom is 0.0780 e. The lowest BCUT2D eigenvalue weighted by Gasteiger charge is -2.16. The molecule has 1 aromatic carbocycles. The number of hydrogen-bond acceptors (Lipinski definition) is 3. The van der Waals surface area contributed by atoms with Crippen molar-refractivity contribution in [3.63, 3.8) is 0 Å². The van der Waals surface area contributed by atoms with Crippen molar-refractivity contribution in [1.29, 1.82) is 0 Å². The Bertz CT molecular complexity index is 576. The van der Waals surface area contributed by atoms with E-state index in [-0.39, 0.29) is 0 Å². The first-order valence-electron chi connectivity index (χ1n) is 7.80. The van der Waals surface area contributed by atoms with Crippen molar-refractivity contribution >= 4 is 23.8 Å². The van der Waals surface area contributed by atoms with Crippen LogP contribution in [-0.2, 0) is 0 Å². The van der Waals surface area contributed by atoms with Gasteiger partial charge in [-0.15, -0.1) is 0 Å². The summed E-state index contributed by atoms with van der Waals surface area (Å²) in [6.07, 6.45) is 13.3. The summed E-state index contributed by atoms with van der Waals surface area (Å²) >= 11 is 0. The zero-order chi connectivity index (χ0) is 14.3. The topological polar surface area (TPSA) is 37.1 Å². The molecule has 0 aromatic heterocycles. The van der Waals surface area contributed by atoms with Gasteiger partial charge < -0.3 is 0 Å². The molecule has 1 fully saturated rings. The summed E-state index contributed by atoms with van der Waals surface area (Å²) in [7, 11) is 0. The average Bonchev–Trinajstić information content (AvgIpc) is 3.01. The van der Waals surface area contributed by atoms with E-state index in [9.17, 15) is 0 Å². The molecule has 0 saturated heterocycles. The summed E-state index contributed by atoms with van der Waals surface area (Å²) in [5.74, 6) is 0. The molecule has 0 atom stereocenters. The molecule has 3 heteroatoms. The van der Waals surface area contributed by atoms with Gasteiger partial charge in [-0.25, -0.2) is 0 Å². The molecule has 1 aliphatic heterocycles. The Hall–Kier alpha value is -2.03. The average molecular weight is 279 g/mol. The lowest BCUT2D eigenvalue weighted by atomic mass is 9.96. The molecule has 0 bridgehead atoms. The quantitative estimate of drug-likeness (QED) is 0.727. The van der Waals surface area contributed by atoms with Crippen LogP contribution < -0.4 is 0 Å². The Morgan fingerprint density at radius 2 is 1.81 bits per heavy atom. The molecule has 3 nitrogen and oxygen atoms in total. The summed E-state index contributed by atoms with van der Waals surface area (Å²) in [5.41, 5.74) is 2.94. The van der Waals surface area contributed by atoms with Crippen molar-refractivity contribution in [3.05, 3.63) is 42.1 Å². The third-order valence-electron chi connectivity index (χ3n) is 3.90. The third-order valence-corrected chi connectivity index (χ3v) is 3.90. The van der Waals surface area contributed by atoms with Gasteiger partial charge in [0.15, 0.2) is 0 Å². The zero-order valence-corrected chi connectivity index (χ0v) is 12.3. The van der Waals surface area contributed by atoms with Crippen molar-refractivity contribution in [2.45, 2.75) is 44.6 Å². The number of para-hydroxylation sites is 1. The van der Waals surface area contributed by atoms with Crippen LogP contribution in [0.1, 0.15) is 38.5 Å². The van der Waals surface area contributed by atoms with Gasteiger partial charge >= 0.3 is 0 Å². The molecule has 0 radical (unpaired) electrons. The van der Waals surface area contributed by atoms with E-state index in [0.717, 1.165) is 23.5 Å². The molecule has 2 aliphatic rings. The van der Waals surface area contributed by atoms with Gasteiger partial charge in [-0.05, 0) is 25.0 Å². The van der Waals surface area contributed by atoms with Gasteiger partial charge in [0, 0.05) is 18.7 Å². The van der Waals surface area contributed by atoms with Gasteiger partial charge in [0.25, 0.3) is 0 Å². The fourth-order valence-corrected chi connectivity index (χ4v) is 2.71. The maximum atomic E-state index is 4.68. The highest BCUT2D eigenvalue weighted by molar-refractivity contribution is 6.32. The Kier molecular flexibility index (Phi) is 4.72. The standard InChI is InChI=1S/C18H21N3/c1-3-7-15(8-4-1)19-13-17-11-12-18(21-17)14-20-16-9-5-2-6-10-16/h1,3-4,7-8,11,13-14,16H,2,5-6,9-10,12H2. The fourth-order valence-electron chi connectivity index (χ4n) is 2.71. The highest BCUT2D eigenvalue weighted by Gasteiger charge is 2.11. The highest BCUT2D eigenvalue weighted by atomic mass is 14.9. The molecule has 0 spiro atoms. The van der Waals surface area contributed by atoms with Crippen LogP contribution in [0.25, 0.3) is 0 Å². The van der Waals surface area contributed by atoms with Crippen molar-refractivity contribution in [1.82, 2.24) is 0 Å². The van der Waals surface area contributed by atoms with Crippen LogP contribution in [0.4, 0.5) is 5.69 Å².